The van der Waals surface area contributed by atoms with Gasteiger partial charge in [-0.1, -0.05) is 0 Å². The molecule has 0 saturated carbocycles. The third-order valence-electron chi connectivity index (χ3n) is 3.25. The van der Waals surface area contributed by atoms with Crippen LogP contribution in [0.5, 0.6) is 0 Å². The number of aryl methyl sites for hydroxylation is 1. The van der Waals surface area contributed by atoms with E-state index in [4.69, 9.17) is 0 Å². The van der Waals surface area contributed by atoms with E-state index in [1.165, 1.54) is 0 Å². The molecule has 1 atom stereocenters. The molecule has 2 rings (SSSR count). The monoisotopic (exact) mass is 219 g/mol. The molecule has 3 nitrogen and oxygen atoms in total. The van der Waals surface area contributed by atoms with Gasteiger partial charge in [-0.15, -0.1) is 0 Å². The van der Waals surface area contributed by atoms with Gasteiger partial charge in [-0.3, -0.25) is 4.79 Å². The number of anilines is 1. The highest BCUT2D eigenvalue weighted by Gasteiger charge is 2.24. The quantitative estimate of drug-likeness (QED) is 0.788. The number of benzene rings is 1. The van der Waals surface area contributed by atoms with Gasteiger partial charge < -0.3 is 10.0 Å². The summed E-state index contributed by atoms with van der Waals surface area (Å²) in [4.78, 5) is 12.9. The molecule has 86 valence electrons. The number of carbonyl (C=O) groups is 1. The lowest BCUT2D eigenvalue weighted by Gasteiger charge is -2.27. The minimum Gasteiger partial charge on any atom is -0.394 e. The van der Waals surface area contributed by atoms with E-state index >= 15 is 0 Å². The number of hydrogen-bond acceptors (Lipinski definition) is 3. The van der Waals surface area contributed by atoms with Crippen LogP contribution in [0.3, 0.4) is 0 Å². The third kappa shape index (κ3) is 1.95. The van der Waals surface area contributed by atoms with Crippen LogP contribution in [-0.4, -0.2) is 30.6 Å². The number of nitrogens with zero attached hydrogens (tertiary/aromatic N) is 1. The molecular weight excluding hydrogens is 202 g/mol. The first-order valence-electron chi connectivity index (χ1n) is 5.69. The summed E-state index contributed by atoms with van der Waals surface area (Å²) >= 11 is 0. The minimum absolute atomic E-state index is 0.203. The molecule has 0 aliphatic carbocycles. The molecule has 0 spiro atoms. The lowest BCUT2D eigenvalue weighted by Crippen LogP contribution is -2.32. The molecule has 1 aromatic carbocycles. The molecular formula is C13H17NO2. The Bertz CT molecular complexity index is 390. The van der Waals surface area contributed by atoms with Crippen molar-refractivity contribution in [3.05, 3.63) is 29.3 Å². The van der Waals surface area contributed by atoms with E-state index < -0.39 is 0 Å². The van der Waals surface area contributed by atoms with E-state index in [-0.39, 0.29) is 12.6 Å². The largest absolute Gasteiger partial charge is 0.394 e. The Labute approximate surface area is 95.7 Å². The van der Waals surface area contributed by atoms with Gasteiger partial charge >= 0.3 is 0 Å². The van der Waals surface area contributed by atoms with Gasteiger partial charge in [0.15, 0.2) is 0 Å². The van der Waals surface area contributed by atoms with Crippen molar-refractivity contribution in [3.8, 4) is 0 Å². The molecule has 1 aliphatic rings. The fraction of sp³-hybridized carbons (Fsp3) is 0.462. The molecule has 1 saturated heterocycles. The zero-order valence-electron chi connectivity index (χ0n) is 9.52. The van der Waals surface area contributed by atoms with E-state index in [1.54, 1.807) is 0 Å². The lowest BCUT2D eigenvalue weighted by molar-refractivity contribution is 0.112. The molecule has 1 N–H and O–H groups in total. The summed E-state index contributed by atoms with van der Waals surface area (Å²) in [5, 5.41) is 9.29. The van der Waals surface area contributed by atoms with Crippen molar-refractivity contribution in [1.29, 1.82) is 0 Å². The van der Waals surface area contributed by atoms with E-state index in [2.05, 4.69) is 4.90 Å². The topological polar surface area (TPSA) is 40.5 Å². The van der Waals surface area contributed by atoms with Crippen molar-refractivity contribution in [1.82, 2.24) is 0 Å². The van der Waals surface area contributed by atoms with Crippen molar-refractivity contribution in [2.24, 2.45) is 0 Å². The van der Waals surface area contributed by atoms with Crippen LogP contribution in [0.4, 0.5) is 5.69 Å². The minimum atomic E-state index is 0.203. The number of rotatable bonds is 3. The van der Waals surface area contributed by atoms with E-state index in [1.807, 2.05) is 25.1 Å². The highest BCUT2D eigenvalue weighted by atomic mass is 16.3. The molecule has 1 aromatic rings. The Balaban J connectivity index is 2.29. The van der Waals surface area contributed by atoms with Crippen molar-refractivity contribution < 1.29 is 9.90 Å². The normalized spacial score (nSPS) is 20.1. The number of hydrogen-bond donors (Lipinski definition) is 1. The molecule has 16 heavy (non-hydrogen) atoms. The standard InChI is InChI=1S/C13H17NO2/c1-10-7-11(8-15)4-5-13(10)14-6-2-3-12(14)9-16/h4-5,7-8,12,16H,2-3,6,9H2,1H3. The van der Waals surface area contributed by atoms with Crippen LogP contribution in [0.1, 0.15) is 28.8 Å². The first-order chi connectivity index (χ1) is 7.76. The summed E-state index contributed by atoms with van der Waals surface area (Å²) in [6, 6.07) is 5.95. The Morgan fingerprint density at radius 3 is 3.00 bits per heavy atom. The predicted molar refractivity (Wildman–Crippen MR) is 64.0 cm³/mol. The van der Waals surface area contributed by atoms with Crippen molar-refractivity contribution in [2.45, 2.75) is 25.8 Å². The maximum Gasteiger partial charge on any atom is 0.150 e. The summed E-state index contributed by atoms with van der Waals surface area (Å²) in [5.74, 6) is 0. The van der Waals surface area contributed by atoms with Crippen LogP contribution in [0.2, 0.25) is 0 Å². The summed E-state index contributed by atoms with van der Waals surface area (Å²) in [7, 11) is 0. The maximum atomic E-state index is 10.7. The van der Waals surface area contributed by atoms with Crippen molar-refractivity contribution in [2.75, 3.05) is 18.1 Å². The lowest BCUT2D eigenvalue weighted by atomic mass is 10.1. The maximum absolute atomic E-state index is 10.7. The Morgan fingerprint density at radius 2 is 2.38 bits per heavy atom. The zero-order chi connectivity index (χ0) is 11.5. The molecule has 0 bridgehead atoms. The predicted octanol–water partition coefficient (Wildman–Crippen LogP) is 1.77. The van der Waals surface area contributed by atoms with Gasteiger partial charge in [0, 0.05) is 17.8 Å². The number of aldehydes is 1. The van der Waals surface area contributed by atoms with Gasteiger partial charge in [0.05, 0.1) is 12.6 Å². The van der Waals surface area contributed by atoms with Gasteiger partial charge in [0.2, 0.25) is 0 Å². The molecule has 1 unspecified atom stereocenters. The second-order valence-electron chi connectivity index (χ2n) is 4.34. The van der Waals surface area contributed by atoms with Gasteiger partial charge in [-0.05, 0) is 43.5 Å². The molecule has 0 radical (unpaired) electrons. The molecule has 0 amide bonds. The average molecular weight is 219 g/mol. The molecule has 1 heterocycles. The SMILES string of the molecule is Cc1cc(C=O)ccc1N1CCCC1CO. The number of aliphatic hydroxyl groups excluding tert-OH is 1. The van der Waals surface area contributed by atoms with Gasteiger partial charge in [0.25, 0.3) is 0 Å². The van der Waals surface area contributed by atoms with Crippen LogP contribution >= 0.6 is 0 Å². The van der Waals surface area contributed by atoms with Crippen molar-refractivity contribution >= 4 is 12.0 Å². The Morgan fingerprint density at radius 1 is 1.56 bits per heavy atom. The highest BCUT2D eigenvalue weighted by Crippen LogP contribution is 2.28. The van der Waals surface area contributed by atoms with Gasteiger partial charge in [0.1, 0.15) is 6.29 Å². The Hall–Kier alpha value is -1.35. The molecule has 3 heteroatoms. The van der Waals surface area contributed by atoms with Crippen LogP contribution in [0.25, 0.3) is 0 Å². The fourth-order valence-electron chi connectivity index (χ4n) is 2.42. The smallest absolute Gasteiger partial charge is 0.150 e. The van der Waals surface area contributed by atoms with Gasteiger partial charge in [-0.25, -0.2) is 0 Å². The highest BCUT2D eigenvalue weighted by molar-refractivity contribution is 5.77. The van der Waals surface area contributed by atoms with Crippen molar-refractivity contribution in [3.63, 3.8) is 0 Å². The summed E-state index contributed by atoms with van der Waals surface area (Å²) < 4.78 is 0. The number of aliphatic hydroxyl groups is 1. The summed E-state index contributed by atoms with van der Waals surface area (Å²) in [6.07, 6.45) is 3.04. The number of carbonyl (C=O) groups excluding carboxylic acids is 1. The zero-order valence-corrected chi connectivity index (χ0v) is 9.52. The fourth-order valence-corrected chi connectivity index (χ4v) is 2.42. The summed E-state index contributed by atoms with van der Waals surface area (Å²) in [6.45, 7) is 3.20. The average Bonchev–Trinajstić information content (AvgIpc) is 2.76. The van der Waals surface area contributed by atoms with Crippen LogP contribution in [-0.2, 0) is 0 Å². The van der Waals surface area contributed by atoms with E-state index in [9.17, 15) is 9.90 Å². The van der Waals surface area contributed by atoms with E-state index in [0.29, 0.717) is 5.56 Å². The summed E-state index contributed by atoms with van der Waals surface area (Å²) in [5.41, 5.74) is 2.95. The van der Waals surface area contributed by atoms with E-state index in [0.717, 1.165) is 36.9 Å². The van der Waals surface area contributed by atoms with Crippen LogP contribution < -0.4 is 4.90 Å². The second-order valence-corrected chi connectivity index (χ2v) is 4.34. The van der Waals surface area contributed by atoms with Crippen LogP contribution in [0.15, 0.2) is 18.2 Å². The van der Waals surface area contributed by atoms with Gasteiger partial charge in [-0.2, -0.15) is 0 Å². The first kappa shape index (κ1) is 11.1. The molecule has 0 aromatic heterocycles. The van der Waals surface area contributed by atoms with Crippen LogP contribution in [0, 0.1) is 6.92 Å². The Kier molecular flexibility index (Phi) is 3.25. The second kappa shape index (κ2) is 4.66. The molecule has 1 fully saturated rings. The molecule has 1 aliphatic heterocycles. The third-order valence-corrected chi connectivity index (χ3v) is 3.25. The first-order valence-corrected chi connectivity index (χ1v) is 5.69.